The summed E-state index contributed by atoms with van der Waals surface area (Å²) in [5.74, 6) is -7.51. The average molecular weight is 1380 g/mol. The Kier molecular flexibility index (Phi) is 33.9. The average Bonchev–Trinajstić information content (AvgIpc) is 1.75. The van der Waals surface area contributed by atoms with Crippen LogP contribution in [0.3, 0.4) is 0 Å². The van der Waals surface area contributed by atoms with Crippen molar-refractivity contribution in [3.8, 4) is 0 Å². The molecule has 2 aliphatic rings. The van der Waals surface area contributed by atoms with Gasteiger partial charge < -0.3 is 60.6 Å². The lowest BCUT2D eigenvalue weighted by Gasteiger charge is -2.41. The molecule has 2 heterocycles. The number of carbonyl (C=O) groups is 12. The standard InChI is InChI=1S/C74H113N9O16/c1-17-48(8)66(59(96-15)43-63(89)82-39-25-29-56(82)67(97-16)49(9)68(90)78-55(71(93)99-74(10,11)12)40-50-26-20-18-21-27-50)80(13)70(92)54(45(2)3)42-58(85)65(47(6)7)81(14)73(95)98-44-51-31-33-53(34-32-51)77-69(91)52(28-24-37-76-72(75)94)41-57(84)64(46(4)5)79-60(86)30-22-19-23-38-83-61(87)35-36-62(83)88/h18,20-21,26-27,31-36,45-49,52,54-56,59,64-67H,17,19,22-25,28-30,37-44H2,1-16H3,(H,77,91)(H,78,90)(H,79,86)(H3,75,76,94)/t48-,49+,52+,54-,55-,56-,59+,64-,65-,66-,67+/m0/s1. The second kappa shape index (κ2) is 40.3. The van der Waals surface area contributed by atoms with Crippen LogP contribution in [0.25, 0.3) is 0 Å². The number of methoxy groups -OCH3 is 2. The van der Waals surface area contributed by atoms with Crippen LogP contribution in [0.5, 0.6) is 0 Å². The molecular formula is C74H113N9O16. The van der Waals surface area contributed by atoms with E-state index in [-0.39, 0.29) is 117 Å². The number of hydrogen-bond acceptors (Lipinski definition) is 16. The maximum absolute atomic E-state index is 15.0. The summed E-state index contributed by atoms with van der Waals surface area (Å²) in [6.07, 6.45) is 3.83. The van der Waals surface area contributed by atoms with E-state index in [4.69, 9.17) is 24.7 Å². The Labute approximate surface area is 585 Å². The third kappa shape index (κ3) is 25.9. The summed E-state index contributed by atoms with van der Waals surface area (Å²) < 4.78 is 23.6. The van der Waals surface area contributed by atoms with Gasteiger partial charge in [-0.25, -0.2) is 14.4 Å². The molecule has 0 unspecified atom stereocenters. The summed E-state index contributed by atoms with van der Waals surface area (Å²) in [6.45, 7) is 22.5. The molecule has 1 saturated heterocycles. The highest BCUT2D eigenvalue weighted by molar-refractivity contribution is 6.12. The SMILES string of the molecule is CC[C@H](C)[C@@H]([C@@H](CC(=O)N1CCC[C@H]1[C@H](OC)[C@@H](C)C(=O)N[C@@H](Cc1ccccc1)C(=O)OC(C)(C)C)OC)N(C)C(=O)[C@@H](CC(=O)[C@H](C(C)C)N(C)C(=O)OCc1ccc(NC(=O)[C@H](CCCNC(N)=O)CC(=O)[C@@H](NC(=O)CCCCCN2C(=O)C=CC2=O)C(C)C)cc1)C(C)C. The number of Topliss-reactive ketones (excluding diaryl/α,β-unsaturated/α-hetero) is 2. The van der Waals surface area contributed by atoms with Crippen LogP contribution in [0.15, 0.2) is 66.7 Å². The number of likely N-dealkylation sites (tertiary alicyclic amines) is 1. The van der Waals surface area contributed by atoms with Gasteiger partial charge in [0.25, 0.3) is 11.8 Å². The van der Waals surface area contributed by atoms with Gasteiger partial charge in [0.05, 0.1) is 48.7 Å². The van der Waals surface area contributed by atoms with Crippen molar-refractivity contribution in [2.45, 2.75) is 221 Å². The normalized spacial score (nSPS) is 17.0. The fraction of sp³-hybridized carbons (Fsp3) is 0.649. The maximum atomic E-state index is 15.0. The Morgan fingerprint density at radius 2 is 1.36 bits per heavy atom. The zero-order chi connectivity index (χ0) is 74.0. The largest absolute Gasteiger partial charge is 0.458 e. The number of urea groups is 1. The second-order valence-corrected chi connectivity index (χ2v) is 28.5. The van der Waals surface area contributed by atoms with Crippen LogP contribution in [0.4, 0.5) is 15.3 Å². The van der Waals surface area contributed by atoms with E-state index in [0.717, 1.165) is 10.5 Å². The smallest absolute Gasteiger partial charge is 0.410 e. The Hall–Kier alpha value is -8.06. The molecule has 25 nitrogen and oxygen atoms in total. The Morgan fingerprint density at radius 3 is 1.93 bits per heavy atom. The first-order chi connectivity index (χ1) is 46.6. The molecule has 6 N–H and O–H groups in total. The lowest BCUT2D eigenvalue weighted by Crippen LogP contribution is -2.55. The number of esters is 1. The number of nitrogens with two attached hydrogens (primary N) is 1. The first-order valence-electron chi connectivity index (χ1n) is 35.0. The van der Waals surface area contributed by atoms with Crippen molar-refractivity contribution in [2.24, 2.45) is 47.2 Å². The molecule has 550 valence electrons. The van der Waals surface area contributed by atoms with Crippen molar-refractivity contribution in [2.75, 3.05) is 53.3 Å². The predicted molar refractivity (Wildman–Crippen MR) is 375 cm³/mol. The molecule has 0 radical (unpaired) electrons. The first kappa shape index (κ1) is 83.4. The van der Waals surface area contributed by atoms with Gasteiger partial charge >= 0.3 is 18.1 Å². The molecule has 0 bridgehead atoms. The zero-order valence-electron chi connectivity index (χ0n) is 61.4. The number of ketones is 2. The van der Waals surface area contributed by atoms with E-state index in [0.29, 0.717) is 62.7 Å². The highest BCUT2D eigenvalue weighted by Gasteiger charge is 2.45. The number of benzene rings is 2. The van der Waals surface area contributed by atoms with Crippen LogP contribution in [-0.4, -0.2) is 187 Å². The van der Waals surface area contributed by atoms with E-state index < -0.39 is 102 Å². The molecule has 2 aromatic carbocycles. The number of amides is 10. The van der Waals surface area contributed by atoms with Crippen LogP contribution in [-0.2, 0) is 79.9 Å². The molecule has 2 aromatic rings. The minimum Gasteiger partial charge on any atom is -0.458 e. The van der Waals surface area contributed by atoms with Crippen molar-refractivity contribution in [3.63, 3.8) is 0 Å². The van der Waals surface area contributed by atoms with Crippen LogP contribution >= 0.6 is 0 Å². The number of hydrogen-bond donors (Lipinski definition) is 5. The molecule has 0 aromatic heterocycles. The van der Waals surface area contributed by atoms with Crippen molar-refractivity contribution in [1.29, 1.82) is 0 Å². The van der Waals surface area contributed by atoms with Gasteiger partial charge in [-0.15, -0.1) is 0 Å². The van der Waals surface area contributed by atoms with E-state index >= 15 is 0 Å². The van der Waals surface area contributed by atoms with E-state index in [1.54, 1.807) is 96.5 Å². The van der Waals surface area contributed by atoms with Crippen LogP contribution in [0, 0.1) is 41.4 Å². The van der Waals surface area contributed by atoms with E-state index in [1.807, 2.05) is 58.0 Å². The van der Waals surface area contributed by atoms with E-state index in [2.05, 4.69) is 21.3 Å². The fourth-order valence-electron chi connectivity index (χ4n) is 13.1. The Morgan fingerprint density at radius 1 is 0.717 bits per heavy atom. The summed E-state index contributed by atoms with van der Waals surface area (Å²) in [5, 5.41) is 11.1. The number of carbonyl (C=O) groups excluding carboxylic acids is 12. The molecule has 0 aliphatic carbocycles. The lowest BCUT2D eigenvalue weighted by atomic mass is 9.83. The van der Waals surface area contributed by atoms with Crippen molar-refractivity contribution in [3.05, 3.63) is 77.9 Å². The number of ether oxygens (including phenoxy) is 4. The predicted octanol–water partition coefficient (Wildman–Crippen LogP) is 8.09. The fourth-order valence-corrected chi connectivity index (χ4v) is 13.1. The van der Waals surface area contributed by atoms with Gasteiger partial charge in [-0.3, -0.25) is 48.1 Å². The van der Waals surface area contributed by atoms with Gasteiger partial charge in [-0.05, 0) is 106 Å². The number of likely N-dealkylation sites (N-methyl/N-ethyl adjacent to an activating group) is 2. The first-order valence-corrected chi connectivity index (χ1v) is 35.0. The van der Waals surface area contributed by atoms with Crippen LogP contribution in [0.2, 0.25) is 0 Å². The molecule has 0 spiro atoms. The Balaban J connectivity index is 1.39. The van der Waals surface area contributed by atoms with Gasteiger partial charge in [-0.2, -0.15) is 0 Å². The molecule has 10 amide bonds. The number of unbranched alkanes of at least 4 members (excludes halogenated alkanes) is 2. The van der Waals surface area contributed by atoms with Crippen molar-refractivity contribution in [1.82, 2.24) is 35.6 Å². The number of nitrogens with one attached hydrogen (secondary N) is 4. The summed E-state index contributed by atoms with van der Waals surface area (Å²) >= 11 is 0. The minimum absolute atomic E-state index is 0.1000. The summed E-state index contributed by atoms with van der Waals surface area (Å²) in [4.78, 5) is 167. The third-order valence-corrected chi connectivity index (χ3v) is 18.7. The third-order valence-electron chi connectivity index (χ3n) is 18.7. The van der Waals surface area contributed by atoms with Gasteiger partial charge in [0.15, 0.2) is 11.6 Å². The van der Waals surface area contributed by atoms with Crippen LogP contribution in [0.1, 0.15) is 171 Å². The lowest BCUT2D eigenvalue weighted by molar-refractivity contribution is -0.159. The molecule has 4 rings (SSSR count). The summed E-state index contributed by atoms with van der Waals surface area (Å²) in [6, 6.07) is 11.1. The van der Waals surface area contributed by atoms with Gasteiger partial charge in [0, 0.05) is 103 Å². The number of anilines is 1. The van der Waals surface area contributed by atoms with Gasteiger partial charge in [0.2, 0.25) is 29.5 Å². The summed E-state index contributed by atoms with van der Waals surface area (Å²) in [5.41, 5.74) is 6.24. The second-order valence-electron chi connectivity index (χ2n) is 28.5. The number of imide groups is 1. The molecule has 11 atom stereocenters. The van der Waals surface area contributed by atoms with Crippen molar-refractivity contribution >= 4 is 76.7 Å². The molecule has 2 aliphatic heterocycles. The van der Waals surface area contributed by atoms with E-state index in [9.17, 15) is 57.5 Å². The zero-order valence-corrected chi connectivity index (χ0v) is 61.4. The highest BCUT2D eigenvalue weighted by Crippen LogP contribution is 2.32. The monoisotopic (exact) mass is 1380 g/mol. The number of nitrogens with zero attached hydrogens (tertiary/aromatic N) is 4. The minimum atomic E-state index is -0.985. The van der Waals surface area contributed by atoms with Gasteiger partial charge in [0.1, 0.15) is 18.2 Å². The molecule has 99 heavy (non-hydrogen) atoms. The molecule has 25 heteroatoms. The summed E-state index contributed by atoms with van der Waals surface area (Å²) in [7, 11) is 6.15. The Bertz CT molecular complexity index is 3060. The molecule has 0 saturated carbocycles. The molecule has 1 fully saturated rings. The van der Waals surface area contributed by atoms with Crippen molar-refractivity contribution < 1.29 is 76.5 Å². The highest BCUT2D eigenvalue weighted by atomic mass is 16.6. The quantitative estimate of drug-likeness (QED) is 0.0238. The van der Waals surface area contributed by atoms with E-state index in [1.165, 1.54) is 38.3 Å². The topological polar surface area (TPSA) is 329 Å². The number of rotatable bonds is 41. The maximum Gasteiger partial charge on any atom is 0.410 e. The number of primary amides is 1. The molecular weight excluding hydrogens is 1270 g/mol. The van der Waals surface area contributed by atoms with Gasteiger partial charge in [-0.1, -0.05) is 118 Å². The van der Waals surface area contributed by atoms with Crippen LogP contribution < -0.4 is 27.0 Å².